The second-order valence-electron chi connectivity index (χ2n) is 5.68. The maximum atomic E-state index is 12.1. The van der Waals surface area contributed by atoms with Gasteiger partial charge in [0.05, 0.1) is 17.7 Å². The van der Waals surface area contributed by atoms with E-state index in [-0.39, 0.29) is 5.56 Å². The number of carbonyl (C=O) groups excluding carboxylic acids is 1. The van der Waals surface area contributed by atoms with Crippen molar-refractivity contribution in [3.63, 3.8) is 0 Å². The van der Waals surface area contributed by atoms with Crippen molar-refractivity contribution in [3.8, 4) is 11.5 Å². The van der Waals surface area contributed by atoms with Crippen LogP contribution in [0.4, 0.5) is 11.4 Å². The summed E-state index contributed by atoms with van der Waals surface area (Å²) in [6, 6.07) is 9.18. The topological polar surface area (TPSA) is 126 Å². The van der Waals surface area contributed by atoms with E-state index >= 15 is 0 Å². The van der Waals surface area contributed by atoms with Crippen molar-refractivity contribution >= 4 is 39.4 Å². The number of halogens is 1. The molecule has 28 heavy (non-hydrogen) atoms. The summed E-state index contributed by atoms with van der Waals surface area (Å²) in [5.74, 6) is -0.224. The molecule has 0 heterocycles. The van der Waals surface area contributed by atoms with Gasteiger partial charge in [-0.1, -0.05) is 15.9 Å². The average molecular weight is 451 g/mol. The third-order valence-electron chi connectivity index (χ3n) is 3.60. The smallest absolute Gasteiger partial charge is 0.312 e. The molecule has 10 heteroatoms. The Balaban J connectivity index is 1.98. The molecule has 0 saturated heterocycles. The molecule has 0 aliphatic heterocycles. The fraction of sp³-hybridized carbons (Fsp3) is 0.222. The van der Waals surface area contributed by atoms with Crippen molar-refractivity contribution in [2.75, 3.05) is 11.9 Å². The second-order valence-corrected chi connectivity index (χ2v) is 6.59. The van der Waals surface area contributed by atoms with Crippen LogP contribution in [0.25, 0.3) is 0 Å². The molecule has 1 amide bonds. The minimum absolute atomic E-state index is 0.0912. The van der Waals surface area contributed by atoms with E-state index in [4.69, 9.17) is 4.74 Å². The first kappa shape index (κ1) is 21.2. The molecule has 148 valence electrons. The van der Waals surface area contributed by atoms with Crippen molar-refractivity contribution < 1.29 is 19.6 Å². The fourth-order valence-corrected chi connectivity index (χ4v) is 2.70. The van der Waals surface area contributed by atoms with E-state index in [0.29, 0.717) is 11.1 Å². The van der Waals surface area contributed by atoms with Gasteiger partial charge in [0, 0.05) is 21.8 Å². The van der Waals surface area contributed by atoms with E-state index in [9.17, 15) is 20.0 Å². The zero-order valence-electron chi connectivity index (χ0n) is 15.2. The highest BCUT2D eigenvalue weighted by atomic mass is 79.9. The number of phenols is 1. The molecule has 2 aromatic rings. The van der Waals surface area contributed by atoms with Gasteiger partial charge in [-0.3, -0.25) is 14.9 Å². The minimum atomic E-state index is -0.709. The van der Waals surface area contributed by atoms with Gasteiger partial charge in [-0.15, -0.1) is 0 Å². The van der Waals surface area contributed by atoms with Crippen LogP contribution in [0.1, 0.15) is 19.4 Å². The van der Waals surface area contributed by atoms with E-state index in [1.165, 1.54) is 12.1 Å². The summed E-state index contributed by atoms with van der Waals surface area (Å²) in [6.45, 7) is 4.12. The summed E-state index contributed by atoms with van der Waals surface area (Å²) in [6.07, 6.45) is 1.13. The predicted octanol–water partition coefficient (Wildman–Crippen LogP) is 3.41. The summed E-state index contributed by atoms with van der Waals surface area (Å²) >= 11 is 3.13. The molecule has 0 aliphatic rings. The fourth-order valence-electron chi connectivity index (χ4n) is 2.23. The molecular weight excluding hydrogens is 432 g/mol. The van der Waals surface area contributed by atoms with Crippen molar-refractivity contribution in [2.45, 2.75) is 19.9 Å². The number of ether oxygens (including phenoxy) is 1. The summed E-state index contributed by atoms with van der Waals surface area (Å²) < 4.78 is 5.76. The van der Waals surface area contributed by atoms with Crippen molar-refractivity contribution in [1.29, 1.82) is 0 Å². The monoisotopic (exact) mass is 450 g/mol. The number of rotatable bonds is 8. The van der Waals surface area contributed by atoms with Gasteiger partial charge in [0.25, 0.3) is 5.91 Å². The molecule has 1 atom stereocenters. The normalized spacial score (nSPS) is 11.8. The first-order valence-corrected chi connectivity index (χ1v) is 9.10. The predicted molar refractivity (Wildman–Crippen MR) is 109 cm³/mol. The Morgan fingerprint density at radius 3 is 2.68 bits per heavy atom. The van der Waals surface area contributed by atoms with Crippen LogP contribution < -0.4 is 15.5 Å². The van der Waals surface area contributed by atoms with Gasteiger partial charge in [0.15, 0.2) is 0 Å². The lowest BCUT2D eigenvalue weighted by Crippen LogP contribution is -2.34. The molecule has 1 unspecified atom stereocenters. The molecule has 0 saturated carbocycles. The molecule has 0 aliphatic carbocycles. The molecule has 2 rings (SSSR count). The summed E-state index contributed by atoms with van der Waals surface area (Å²) in [4.78, 5) is 22.4. The molecule has 0 fully saturated rings. The maximum absolute atomic E-state index is 12.1. The lowest BCUT2D eigenvalue weighted by molar-refractivity contribution is -0.385. The van der Waals surface area contributed by atoms with E-state index < -0.39 is 28.3 Å². The van der Waals surface area contributed by atoms with E-state index in [1.54, 1.807) is 31.2 Å². The summed E-state index contributed by atoms with van der Waals surface area (Å²) in [5.41, 5.74) is 2.68. The third kappa shape index (κ3) is 5.68. The second kappa shape index (κ2) is 9.70. The number of nitro groups is 1. The largest absolute Gasteiger partial charge is 0.502 e. The number of hydrazone groups is 1. The molecule has 0 radical (unpaired) electrons. The number of benzene rings is 2. The van der Waals surface area contributed by atoms with E-state index in [0.717, 1.165) is 17.7 Å². The maximum Gasteiger partial charge on any atom is 0.312 e. The molecule has 9 nitrogen and oxygen atoms in total. The van der Waals surface area contributed by atoms with Crippen LogP contribution in [0.15, 0.2) is 46.0 Å². The zero-order valence-corrected chi connectivity index (χ0v) is 16.8. The van der Waals surface area contributed by atoms with Crippen LogP contribution in [0.5, 0.6) is 11.5 Å². The molecular formula is C18H19BrN4O5. The number of amides is 1. The van der Waals surface area contributed by atoms with Crippen LogP contribution in [0, 0.1) is 10.1 Å². The first-order valence-electron chi connectivity index (χ1n) is 8.31. The van der Waals surface area contributed by atoms with Crippen LogP contribution in [0.3, 0.4) is 0 Å². The first-order chi connectivity index (χ1) is 13.3. The van der Waals surface area contributed by atoms with Crippen LogP contribution in [-0.2, 0) is 4.79 Å². The van der Waals surface area contributed by atoms with Gasteiger partial charge < -0.3 is 15.2 Å². The lowest BCUT2D eigenvalue weighted by atomic mass is 10.2. The van der Waals surface area contributed by atoms with Gasteiger partial charge in [0.2, 0.25) is 5.75 Å². The number of hydrogen-bond acceptors (Lipinski definition) is 7. The number of hydrogen-bond donors (Lipinski definition) is 3. The van der Waals surface area contributed by atoms with Crippen LogP contribution >= 0.6 is 15.9 Å². The lowest BCUT2D eigenvalue weighted by Gasteiger charge is -2.14. The van der Waals surface area contributed by atoms with Crippen LogP contribution in [0.2, 0.25) is 0 Å². The quantitative estimate of drug-likeness (QED) is 0.321. The Kier molecular flexibility index (Phi) is 7.33. The number of nitrogens with one attached hydrogen (secondary N) is 2. The van der Waals surface area contributed by atoms with Crippen molar-refractivity contribution in [3.05, 3.63) is 56.5 Å². The molecule has 0 spiro atoms. The van der Waals surface area contributed by atoms with Crippen LogP contribution in [-0.4, -0.2) is 34.8 Å². The number of nitro benzene ring substituents is 1. The van der Waals surface area contributed by atoms with Gasteiger partial charge in [-0.2, -0.15) is 5.10 Å². The third-order valence-corrected chi connectivity index (χ3v) is 4.06. The van der Waals surface area contributed by atoms with Gasteiger partial charge in [-0.05, 0) is 44.2 Å². The Labute approximate surface area is 169 Å². The number of phenolic OH excluding ortho intramolecular Hbond substituents is 1. The average Bonchev–Trinajstić information content (AvgIpc) is 2.65. The Morgan fingerprint density at radius 1 is 1.39 bits per heavy atom. The minimum Gasteiger partial charge on any atom is -0.502 e. The number of nitrogens with zero attached hydrogens (tertiary/aromatic N) is 2. The molecule has 0 aromatic heterocycles. The van der Waals surface area contributed by atoms with E-state index in [1.807, 2.05) is 6.92 Å². The van der Waals surface area contributed by atoms with Crippen molar-refractivity contribution in [2.24, 2.45) is 5.10 Å². The van der Waals surface area contributed by atoms with Gasteiger partial charge in [-0.25, -0.2) is 5.43 Å². The highest BCUT2D eigenvalue weighted by Crippen LogP contribution is 2.32. The van der Waals surface area contributed by atoms with Crippen molar-refractivity contribution in [1.82, 2.24) is 5.43 Å². The Bertz CT molecular complexity index is 886. The highest BCUT2D eigenvalue weighted by molar-refractivity contribution is 9.10. The summed E-state index contributed by atoms with van der Waals surface area (Å²) in [7, 11) is 0. The molecule has 3 N–H and O–H groups in total. The summed E-state index contributed by atoms with van der Waals surface area (Å²) in [5, 5.41) is 27.6. The zero-order chi connectivity index (χ0) is 20.7. The molecule has 2 aromatic carbocycles. The Hall–Kier alpha value is -3.14. The highest BCUT2D eigenvalue weighted by Gasteiger charge is 2.18. The molecule has 0 bridgehead atoms. The van der Waals surface area contributed by atoms with Gasteiger partial charge >= 0.3 is 5.69 Å². The Morgan fingerprint density at radius 2 is 2.07 bits per heavy atom. The van der Waals surface area contributed by atoms with Gasteiger partial charge in [0.1, 0.15) is 11.8 Å². The number of carbonyl (C=O) groups is 1. The standard InChI is InChI=1S/C18H19BrN4O5/c1-3-28-15-6-4-14(5-7-15)21-11(2)18(25)22-20-10-12-8-13(19)9-16(17(12)24)23(26)27/h4-11,21,24H,3H2,1-2H3,(H,22,25). The number of anilines is 1. The van der Waals surface area contributed by atoms with E-state index in [2.05, 4.69) is 31.8 Å². The SMILES string of the molecule is CCOc1ccc(NC(C)C(=O)NN=Cc2cc(Br)cc([N+](=O)[O-])c2O)cc1. The number of aromatic hydroxyl groups is 1.